The summed E-state index contributed by atoms with van der Waals surface area (Å²) < 4.78 is 30.1. The third-order valence-corrected chi connectivity index (χ3v) is 5.55. The quantitative estimate of drug-likeness (QED) is 0.299. The van der Waals surface area contributed by atoms with Crippen LogP contribution in [0.1, 0.15) is 16.7 Å². The summed E-state index contributed by atoms with van der Waals surface area (Å²) in [6, 6.07) is 18.6. The molecule has 0 aliphatic heterocycles. The largest absolute Gasteiger partial charge is 0.497 e. The van der Waals surface area contributed by atoms with Crippen molar-refractivity contribution in [2.24, 2.45) is 0 Å². The lowest BCUT2D eigenvalue weighted by molar-refractivity contribution is -0.117. The zero-order valence-electron chi connectivity index (χ0n) is 18.6. The first-order valence-corrected chi connectivity index (χ1v) is 11.0. The zero-order valence-corrected chi connectivity index (χ0v) is 20.2. The van der Waals surface area contributed by atoms with Gasteiger partial charge in [-0.25, -0.2) is 4.39 Å². The van der Waals surface area contributed by atoms with Crippen molar-refractivity contribution in [3.63, 3.8) is 0 Å². The number of carbonyl (C=O) groups is 1. The summed E-state index contributed by atoms with van der Waals surface area (Å²) in [7, 11) is 3.08. The Bertz CT molecular complexity index is 1220. The number of carbonyl (C=O) groups excluding carboxylic acids is 1. The van der Waals surface area contributed by atoms with Crippen molar-refractivity contribution in [2.75, 3.05) is 14.2 Å². The van der Waals surface area contributed by atoms with Gasteiger partial charge in [-0.05, 0) is 59.2 Å². The molecule has 6 nitrogen and oxygen atoms in total. The van der Waals surface area contributed by atoms with Crippen molar-refractivity contribution in [3.8, 4) is 23.3 Å². The first-order chi connectivity index (χ1) is 16.4. The molecule has 0 saturated heterocycles. The van der Waals surface area contributed by atoms with E-state index in [0.29, 0.717) is 21.5 Å². The van der Waals surface area contributed by atoms with Crippen molar-refractivity contribution in [1.82, 2.24) is 5.32 Å². The average molecular weight is 525 g/mol. The van der Waals surface area contributed by atoms with E-state index in [-0.39, 0.29) is 24.5 Å². The number of halogens is 2. The second kappa shape index (κ2) is 11.9. The Morgan fingerprint density at radius 2 is 1.71 bits per heavy atom. The highest BCUT2D eigenvalue weighted by atomic mass is 79.9. The summed E-state index contributed by atoms with van der Waals surface area (Å²) >= 11 is 3.46. The minimum atomic E-state index is -0.499. The highest BCUT2D eigenvalue weighted by molar-refractivity contribution is 9.10. The number of benzene rings is 3. The van der Waals surface area contributed by atoms with Crippen LogP contribution in [0.2, 0.25) is 0 Å². The van der Waals surface area contributed by atoms with Crippen molar-refractivity contribution in [2.45, 2.75) is 13.2 Å². The Morgan fingerprint density at radius 1 is 1.03 bits per heavy atom. The maximum atomic E-state index is 13.1. The van der Waals surface area contributed by atoms with Crippen LogP contribution in [0.25, 0.3) is 6.08 Å². The fraction of sp³-hybridized carbons (Fsp3) is 0.154. The van der Waals surface area contributed by atoms with Crippen LogP contribution in [0.15, 0.2) is 70.7 Å². The lowest BCUT2D eigenvalue weighted by atomic mass is 10.1. The summed E-state index contributed by atoms with van der Waals surface area (Å²) in [6.07, 6.45) is 1.47. The molecule has 8 heteroatoms. The van der Waals surface area contributed by atoms with Gasteiger partial charge >= 0.3 is 0 Å². The smallest absolute Gasteiger partial charge is 0.262 e. The van der Waals surface area contributed by atoms with Gasteiger partial charge in [0, 0.05) is 11.0 Å². The van der Waals surface area contributed by atoms with Crippen LogP contribution in [0.4, 0.5) is 4.39 Å². The molecule has 0 bridgehead atoms. The van der Waals surface area contributed by atoms with Crippen LogP contribution < -0.4 is 19.5 Å². The second-order valence-electron chi connectivity index (χ2n) is 7.14. The van der Waals surface area contributed by atoms with Crippen LogP contribution >= 0.6 is 15.9 Å². The van der Waals surface area contributed by atoms with Crippen LogP contribution in [0.5, 0.6) is 17.2 Å². The molecular formula is C26H22BrFN2O4. The molecule has 0 radical (unpaired) electrons. The first kappa shape index (κ1) is 24.8. The van der Waals surface area contributed by atoms with Gasteiger partial charge in [0.15, 0.2) is 11.5 Å². The van der Waals surface area contributed by atoms with E-state index in [0.717, 1.165) is 16.9 Å². The molecular weight excluding hydrogens is 503 g/mol. The maximum Gasteiger partial charge on any atom is 0.262 e. The number of hydrogen-bond donors (Lipinski definition) is 1. The van der Waals surface area contributed by atoms with E-state index >= 15 is 0 Å². The molecule has 34 heavy (non-hydrogen) atoms. The van der Waals surface area contributed by atoms with E-state index in [2.05, 4.69) is 21.2 Å². The van der Waals surface area contributed by atoms with Gasteiger partial charge in [-0.1, -0.05) is 40.2 Å². The molecule has 0 heterocycles. The van der Waals surface area contributed by atoms with Crippen molar-refractivity contribution >= 4 is 27.9 Å². The van der Waals surface area contributed by atoms with Gasteiger partial charge in [-0.3, -0.25) is 4.79 Å². The fourth-order valence-corrected chi connectivity index (χ4v) is 3.44. The molecule has 0 saturated carbocycles. The summed E-state index contributed by atoms with van der Waals surface area (Å²) in [4.78, 5) is 12.6. The van der Waals surface area contributed by atoms with E-state index in [4.69, 9.17) is 14.2 Å². The molecule has 0 aliphatic rings. The van der Waals surface area contributed by atoms with Gasteiger partial charge < -0.3 is 19.5 Å². The Labute approximate surface area is 205 Å². The van der Waals surface area contributed by atoms with Crippen molar-refractivity contribution in [1.29, 1.82) is 5.26 Å². The van der Waals surface area contributed by atoms with Gasteiger partial charge in [0.1, 0.15) is 29.8 Å². The third kappa shape index (κ3) is 6.59. The molecule has 3 rings (SSSR count). The summed E-state index contributed by atoms with van der Waals surface area (Å²) in [6.45, 7) is 0.484. The number of hydrogen-bond acceptors (Lipinski definition) is 5. The third-order valence-electron chi connectivity index (χ3n) is 4.87. The molecule has 0 aliphatic carbocycles. The molecule has 0 fully saturated rings. The van der Waals surface area contributed by atoms with Crippen molar-refractivity contribution < 1.29 is 23.4 Å². The Hall–Kier alpha value is -3.83. The van der Waals surface area contributed by atoms with Crippen LogP contribution in [-0.2, 0) is 17.9 Å². The van der Waals surface area contributed by atoms with Crippen LogP contribution in [0.3, 0.4) is 0 Å². The average Bonchev–Trinajstić information content (AvgIpc) is 2.86. The fourth-order valence-electron chi connectivity index (χ4n) is 3.00. The normalized spacial score (nSPS) is 10.9. The minimum absolute atomic E-state index is 0.0590. The van der Waals surface area contributed by atoms with E-state index in [9.17, 15) is 14.4 Å². The van der Waals surface area contributed by atoms with E-state index < -0.39 is 5.91 Å². The molecule has 1 amide bonds. The minimum Gasteiger partial charge on any atom is -0.497 e. The Morgan fingerprint density at radius 3 is 2.32 bits per heavy atom. The number of ether oxygens (including phenoxy) is 3. The van der Waals surface area contributed by atoms with Gasteiger partial charge in [0.2, 0.25) is 0 Å². The number of nitrogens with zero attached hydrogens (tertiary/aromatic N) is 1. The molecule has 3 aromatic rings. The standard InChI is InChI=1S/C26H22BrFN2O4/c1-32-22-9-5-17(6-10-22)15-30-26(31)20(14-29)11-19-12-24(33-2)25(13-23(19)27)34-16-18-3-7-21(28)8-4-18/h3-13H,15-16H2,1-2H3,(H,30,31)/b20-11-. The molecule has 0 atom stereocenters. The highest BCUT2D eigenvalue weighted by Crippen LogP contribution is 2.35. The lowest BCUT2D eigenvalue weighted by Crippen LogP contribution is -2.23. The second-order valence-corrected chi connectivity index (χ2v) is 7.99. The molecule has 174 valence electrons. The molecule has 1 N–H and O–H groups in total. The van der Waals surface area contributed by atoms with Gasteiger partial charge in [-0.15, -0.1) is 0 Å². The Kier molecular flexibility index (Phi) is 8.66. The monoisotopic (exact) mass is 524 g/mol. The summed E-state index contributed by atoms with van der Waals surface area (Å²) in [5.74, 6) is 0.782. The van der Waals surface area contributed by atoms with Gasteiger partial charge in [-0.2, -0.15) is 5.26 Å². The number of methoxy groups -OCH3 is 2. The van der Waals surface area contributed by atoms with Crippen LogP contribution in [-0.4, -0.2) is 20.1 Å². The molecule has 0 unspecified atom stereocenters. The Balaban J connectivity index is 1.73. The van der Waals surface area contributed by atoms with E-state index in [1.165, 1.54) is 25.3 Å². The summed E-state index contributed by atoms with van der Waals surface area (Å²) in [5, 5.41) is 12.3. The van der Waals surface area contributed by atoms with E-state index in [1.807, 2.05) is 18.2 Å². The number of nitrogens with one attached hydrogen (secondary N) is 1. The van der Waals surface area contributed by atoms with Crippen molar-refractivity contribution in [3.05, 3.63) is 93.2 Å². The highest BCUT2D eigenvalue weighted by Gasteiger charge is 2.14. The molecule has 3 aromatic carbocycles. The van der Waals surface area contributed by atoms with Crippen LogP contribution in [0, 0.1) is 17.1 Å². The maximum absolute atomic E-state index is 13.1. The molecule has 0 aromatic heterocycles. The van der Waals surface area contributed by atoms with E-state index in [1.54, 1.807) is 43.5 Å². The van der Waals surface area contributed by atoms with Gasteiger partial charge in [0.05, 0.1) is 14.2 Å². The first-order valence-electron chi connectivity index (χ1n) is 10.2. The summed E-state index contributed by atoms with van der Waals surface area (Å²) in [5.41, 5.74) is 2.18. The predicted octanol–water partition coefficient (Wildman–Crippen LogP) is 5.41. The number of rotatable bonds is 9. The van der Waals surface area contributed by atoms with Gasteiger partial charge in [0.25, 0.3) is 5.91 Å². The topological polar surface area (TPSA) is 80.6 Å². The predicted molar refractivity (Wildman–Crippen MR) is 130 cm³/mol. The SMILES string of the molecule is COc1ccc(CNC(=O)/C(C#N)=C\c2cc(OC)c(OCc3ccc(F)cc3)cc2Br)cc1. The number of nitriles is 1. The lowest BCUT2D eigenvalue weighted by Gasteiger charge is -2.13. The zero-order chi connectivity index (χ0) is 24.5. The number of amides is 1. The molecule has 0 spiro atoms.